The van der Waals surface area contributed by atoms with E-state index in [1.165, 1.54) is 25.7 Å². The summed E-state index contributed by atoms with van der Waals surface area (Å²) in [4.78, 5) is 0. The number of aliphatic hydroxyl groups excluding tert-OH is 1. The first-order valence-corrected chi connectivity index (χ1v) is 8.67. The minimum Gasteiger partial charge on any atom is -0.389 e. The molecule has 4 nitrogen and oxygen atoms in total. The van der Waals surface area contributed by atoms with Crippen molar-refractivity contribution in [2.75, 3.05) is 26.4 Å². The highest BCUT2D eigenvalue weighted by Gasteiger charge is 2.41. The van der Waals surface area contributed by atoms with Crippen molar-refractivity contribution in [1.29, 1.82) is 0 Å². The van der Waals surface area contributed by atoms with Gasteiger partial charge in [0.1, 0.15) is 0 Å². The molecule has 2 aliphatic rings. The fourth-order valence-corrected chi connectivity index (χ4v) is 4.00. The molecule has 2 aliphatic carbocycles. The summed E-state index contributed by atoms with van der Waals surface area (Å²) in [5.41, 5.74) is 0. The van der Waals surface area contributed by atoms with Crippen molar-refractivity contribution < 1.29 is 14.6 Å². The van der Waals surface area contributed by atoms with Crippen LogP contribution in [0.25, 0.3) is 0 Å². The van der Waals surface area contributed by atoms with Crippen molar-refractivity contribution in [3.8, 4) is 0 Å². The second kappa shape index (κ2) is 8.47. The zero-order valence-corrected chi connectivity index (χ0v) is 13.9. The van der Waals surface area contributed by atoms with Gasteiger partial charge in [0.2, 0.25) is 0 Å². The Labute approximate surface area is 129 Å². The van der Waals surface area contributed by atoms with E-state index in [9.17, 15) is 5.11 Å². The summed E-state index contributed by atoms with van der Waals surface area (Å²) in [6.45, 7) is 8.45. The number of nitrogens with one attached hydrogen (secondary N) is 1. The topological polar surface area (TPSA) is 50.7 Å². The zero-order valence-electron chi connectivity index (χ0n) is 13.9. The van der Waals surface area contributed by atoms with Crippen LogP contribution in [0.2, 0.25) is 0 Å². The number of hydrogen-bond acceptors (Lipinski definition) is 4. The van der Waals surface area contributed by atoms with E-state index in [0.29, 0.717) is 32.4 Å². The van der Waals surface area contributed by atoms with E-state index >= 15 is 0 Å². The van der Waals surface area contributed by atoms with Gasteiger partial charge in [-0.1, -0.05) is 6.42 Å². The highest BCUT2D eigenvalue weighted by molar-refractivity contribution is 4.94. The molecule has 21 heavy (non-hydrogen) atoms. The van der Waals surface area contributed by atoms with E-state index in [4.69, 9.17) is 9.47 Å². The van der Waals surface area contributed by atoms with E-state index in [0.717, 1.165) is 17.8 Å². The number of hydrogen-bond donors (Lipinski definition) is 2. The molecule has 2 saturated carbocycles. The molecule has 5 atom stereocenters. The van der Waals surface area contributed by atoms with Gasteiger partial charge in [-0.25, -0.2) is 0 Å². The molecule has 4 heteroatoms. The van der Waals surface area contributed by atoms with E-state index in [1.807, 2.05) is 13.8 Å². The second-order valence-corrected chi connectivity index (χ2v) is 7.18. The van der Waals surface area contributed by atoms with Crippen LogP contribution in [0, 0.1) is 17.8 Å². The molecule has 0 aromatic heterocycles. The fraction of sp³-hybridized carbons (Fsp3) is 1.00. The number of aliphatic hydroxyl groups is 1. The van der Waals surface area contributed by atoms with Crippen molar-refractivity contribution in [2.24, 2.45) is 17.8 Å². The van der Waals surface area contributed by atoms with E-state index in [-0.39, 0.29) is 6.10 Å². The van der Waals surface area contributed by atoms with Gasteiger partial charge in [0.15, 0.2) is 0 Å². The lowest BCUT2D eigenvalue weighted by Gasteiger charge is -2.29. The molecule has 2 bridgehead atoms. The lowest BCUT2D eigenvalue weighted by molar-refractivity contribution is -0.0109. The molecule has 2 fully saturated rings. The summed E-state index contributed by atoms with van der Waals surface area (Å²) in [6.07, 6.45) is 5.51. The Morgan fingerprint density at radius 2 is 1.95 bits per heavy atom. The molecular formula is C17H33NO3. The van der Waals surface area contributed by atoms with Gasteiger partial charge in [-0.15, -0.1) is 0 Å². The van der Waals surface area contributed by atoms with Crippen molar-refractivity contribution in [3.05, 3.63) is 0 Å². The maximum atomic E-state index is 9.95. The van der Waals surface area contributed by atoms with E-state index in [2.05, 4.69) is 12.2 Å². The smallest absolute Gasteiger partial charge is 0.0897 e. The predicted molar refractivity (Wildman–Crippen MR) is 84.3 cm³/mol. The lowest BCUT2D eigenvalue weighted by Crippen LogP contribution is -2.41. The molecule has 0 aliphatic heterocycles. The third kappa shape index (κ3) is 5.51. The molecule has 0 heterocycles. The lowest BCUT2D eigenvalue weighted by atomic mass is 9.84. The van der Waals surface area contributed by atoms with Crippen LogP contribution >= 0.6 is 0 Å². The van der Waals surface area contributed by atoms with Gasteiger partial charge >= 0.3 is 0 Å². The van der Waals surface area contributed by atoms with Crippen molar-refractivity contribution >= 4 is 0 Å². The maximum absolute atomic E-state index is 9.95. The molecule has 2 N–H and O–H groups in total. The Bertz CT molecular complexity index is 298. The zero-order chi connectivity index (χ0) is 15.2. The van der Waals surface area contributed by atoms with Crippen molar-refractivity contribution in [3.63, 3.8) is 0 Å². The Hall–Kier alpha value is -0.160. The van der Waals surface area contributed by atoms with Crippen molar-refractivity contribution in [1.82, 2.24) is 5.32 Å². The molecule has 0 aromatic rings. The minimum absolute atomic E-state index is 0.239. The van der Waals surface area contributed by atoms with Gasteiger partial charge < -0.3 is 19.9 Å². The Kier molecular flexibility index (Phi) is 6.93. The first-order chi connectivity index (χ1) is 10.1. The predicted octanol–water partition coefficient (Wildman–Crippen LogP) is 2.20. The molecule has 124 valence electrons. The van der Waals surface area contributed by atoms with Gasteiger partial charge in [-0.2, -0.15) is 0 Å². The van der Waals surface area contributed by atoms with Gasteiger partial charge in [0.05, 0.1) is 32.0 Å². The summed E-state index contributed by atoms with van der Waals surface area (Å²) < 4.78 is 10.8. The monoisotopic (exact) mass is 299 g/mol. The SMILES string of the molecule is CC(C)OCCOCC(O)CNC(C)C1CC2CCC1C2. The summed E-state index contributed by atoms with van der Waals surface area (Å²) in [6, 6.07) is 0.513. The minimum atomic E-state index is -0.426. The summed E-state index contributed by atoms with van der Waals surface area (Å²) in [7, 11) is 0. The highest BCUT2D eigenvalue weighted by atomic mass is 16.5. The quantitative estimate of drug-likeness (QED) is 0.607. The van der Waals surface area contributed by atoms with Gasteiger partial charge in [-0.3, -0.25) is 0 Å². The average molecular weight is 299 g/mol. The summed E-state index contributed by atoms with van der Waals surface area (Å²) in [5, 5.41) is 13.5. The average Bonchev–Trinajstić information content (AvgIpc) is 3.06. The fourth-order valence-electron chi connectivity index (χ4n) is 4.00. The van der Waals surface area contributed by atoms with E-state index in [1.54, 1.807) is 0 Å². The van der Waals surface area contributed by atoms with Gasteiger partial charge in [-0.05, 0) is 57.8 Å². The molecule has 0 saturated heterocycles. The van der Waals surface area contributed by atoms with Crippen molar-refractivity contribution in [2.45, 2.75) is 64.7 Å². The summed E-state index contributed by atoms with van der Waals surface area (Å²) >= 11 is 0. The maximum Gasteiger partial charge on any atom is 0.0897 e. The number of fused-ring (bicyclic) bond motifs is 2. The van der Waals surface area contributed by atoms with Crippen LogP contribution in [-0.2, 0) is 9.47 Å². The standard InChI is InChI=1S/C17H33NO3/c1-12(2)21-7-6-20-11-16(19)10-18-13(3)17-9-14-4-5-15(17)8-14/h12-19H,4-11H2,1-3H3. The largest absolute Gasteiger partial charge is 0.389 e. The third-order valence-electron chi connectivity index (χ3n) is 5.10. The number of rotatable bonds is 10. The molecule has 0 amide bonds. The van der Waals surface area contributed by atoms with E-state index < -0.39 is 6.10 Å². The third-order valence-corrected chi connectivity index (χ3v) is 5.10. The normalized spacial score (nSPS) is 31.0. The van der Waals surface area contributed by atoms with Crippen LogP contribution in [-0.4, -0.2) is 49.7 Å². The molecule has 0 aromatic carbocycles. The molecule has 0 spiro atoms. The van der Waals surface area contributed by atoms with Crippen LogP contribution in [0.4, 0.5) is 0 Å². The van der Waals surface area contributed by atoms with Crippen LogP contribution in [0.5, 0.6) is 0 Å². The van der Waals surface area contributed by atoms with Crippen LogP contribution in [0.3, 0.4) is 0 Å². The Balaban J connectivity index is 1.51. The van der Waals surface area contributed by atoms with Crippen LogP contribution < -0.4 is 5.32 Å². The summed E-state index contributed by atoms with van der Waals surface area (Å²) in [5.74, 6) is 2.73. The highest BCUT2D eigenvalue weighted by Crippen LogP contribution is 2.49. The molecule has 5 unspecified atom stereocenters. The Morgan fingerprint density at radius 1 is 1.14 bits per heavy atom. The molecular weight excluding hydrogens is 266 g/mol. The Morgan fingerprint density at radius 3 is 2.57 bits per heavy atom. The first-order valence-electron chi connectivity index (χ1n) is 8.67. The van der Waals surface area contributed by atoms with Crippen LogP contribution in [0.15, 0.2) is 0 Å². The van der Waals surface area contributed by atoms with Gasteiger partial charge in [0.25, 0.3) is 0 Å². The van der Waals surface area contributed by atoms with Gasteiger partial charge in [0, 0.05) is 12.6 Å². The first kappa shape index (κ1) is 17.2. The molecule has 2 rings (SSSR count). The molecule has 0 radical (unpaired) electrons. The van der Waals surface area contributed by atoms with Crippen LogP contribution in [0.1, 0.15) is 46.5 Å². The second-order valence-electron chi connectivity index (χ2n) is 7.18. The number of ether oxygens (including phenoxy) is 2.